The third-order valence-electron chi connectivity index (χ3n) is 5.73. The first kappa shape index (κ1) is 17.8. The van der Waals surface area contributed by atoms with E-state index in [4.69, 9.17) is 9.72 Å². The Bertz CT molecular complexity index is 1530. The summed E-state index contributed by atoms with van der Waals surface area (Å²) in [5.41, 5.74) is 5.43. The van der Waals surface area contributed by atoms with E-state index in [1.807, 2.05) is 25.1 Å². The van der Waals surface area contributed by atoms with Crippen LogP contribution in [0.25, 0.3) is 44.5 Å². The molecular formula is C27H21N3O. The Morgan fingerprint density at radius 2 is 1.58 bits per heavy atom. The summed E-state index contributed by atoms with van der Waals surface area (Å²) in [5, 5.41) is 2.37. The average Bonchev–Trinajstić information content (AvgIpc) is 3.37. The zero-order valence-electron chi connectivity index (χ0n) is 17.2. The van der Waals surface area contributed by atoms with Crippen molar-refractivity contribution in [3.8, 4) is 22.7 Å². The molecule has 0 aliphatic heterocycles. The average molecular weight is 403 g/mol. The molecule has 0 unspecified atom stereocenters. The summed E-state index contributed by atoms with van der Waals surface area (Å²) in [6.07, 6.45) is 2.19. The van der Waals surface area contributed by atoms with Crippen molar-refractivity contribution in [3.05, 3.63) is 97.2 Å². The molecule has 0 spiro atoms. The number of hydrogen-bond acceptors (Lipinski definition) is 2. The number of benzene rings is 4. The van der Waals surface area contributed by atoms with Crippen molar-refractivity contribution in [2.75, 3.05) is 6.61 Å². The molecule has 150 valence electrons. The van der Waals surface area contributed by atoms with Crippen molar-refractivity contribution >= 4 is 27.6 Å². The summed E-state index contributed by atoms with van der Waals surface area (Å²) >= 11 is 0. The lowest BCUT2D eigenvalue weighted by atomic mass is 10.1. The Morgan fingerprint density at radius 3 is 2.39 bits per heavy atom. The maximum atomic E-state index is 5.65. The van der Waals surface area contributed by atoms with E-state index in [9.17, 15) is 0 Å². The molecule has 0 bridgehead atoms. The monoisotopic (exact) mass is 403 g/mol. The quantitative estimate of drug-likeness (QED) is 0.337. The molecule has 0 saturated carbocycles. The first-order valence-corrected chi connectivity index (χ1v) is 10.5. The molecule has 0 atom stereocenters. The van der Waals surface area contributed by atoms with Crippen molar-refractivity contribution < 1.29 is 4.74 Å². The highest BCUT2D eigenvalue weighted by atomic mass is 16.5. The Hall–Kier alpha value is -4.05. The van der Waals surface area contributed by atoms with Gasteiger partial charge in [0.15, 0.2) is 0 Å². The van der Waals surface area contributed by atoms with Crippen molar-refractivity contribution in [2.45, 2.75) is 6.92 Å². The Labute approximate surface area is 180 Å². The number of ether oxygens (including phenoxy) is 1. The highest BCUT2D eigenvalue weighted by Gasteiger charge is 2.18. The second-order valence-electron chi connectivity index (χ2n) is 7.58. The lowest BCUT2D eigenvalue weighted by Crippen LogP contribution is -1.98. The number of imidazole rings is 2. The summed E-state index contributed by atoms with van der Waals surface area (Å²) in [6.45, 7) is 2.65. The predicted molar refractivity (Wildman–Crippen MR) is 126 cm³/mol. The van der Waals surface area contributed by atoms with E-state index >= 15 is 0 Å². The van der Waals surface area contributed by atoms with Crippen molar-refractivity contribution in [2.24, 2.45) is 0 Å². The van der Waals surface area contributed by atoms with Crippen molar-refractivity contribution in [1.29, 1.82) is 0 Å². The molecule has 0 aliphatic rings. The van der Waals surface area contributed by atoms with E-state index in [-0.39, 0.29) is 0 Å². The highest BCUT2D eigenvalue weighted by Crippen LogP contribution is 2.32. The fourth-order valence-electron chi connectivity index (χ4n) is 4.32. The molecule has 0 saturated heterocycles. The van der Waals surface area contributed by atoms with Gasteiger partial charge in [-0.15, -0.1) is 0 Å². The van der Waals surface area contributed by atoms with Gasteiger partial charge in [-0.1, -0.05) is 60.7 Å². The van der Waals surface area contributed by atoms with E-state index < -0.39 is 0 Å². The third-order valence-corrected chi connectivity index (χ3v) is 5.73. The predicted octanol–water partition coefficient (Wildman–Crippen LogP) is 6.50. The van der Waals surface area contributed by atoms with Crippen LogP contribution in [0.2, 0.25) is 0 Å². The normalized spacial score (nSPS) is 11.5. The number of fused-ring (bicyclic) bond motifs is 5. The lowest BCUT2D eigenvalue weighted by Gasteiger charge is -2.10. The molecular weight excluding hydrogens is 382 g/mol. The second kappa shape index (κ2) is 7.03. The molecule has 6 aromatic rings. The van der Waals surface area contributed by atoms with E-state index in [1.165, 1.54) is 10.8 Å². The zero-order valence-corrected chi connectivity index (χ0v) is 17.2. The molecule has 2 aromatic heterocycles. The zero-order chi connectivity index (χ0) is 20.8. The first-order valence-electron chi connectivity index (χ1n) is 10.5. The molecule has 0 fully saturated rings. The molecule has 6 rings (SSSR count). The highest BCUT2D eigenvalue weighted by molar-refractivity contribution is 6.05. The smallest absolute Gasteiger partial charge is 0.220 e. The van der Waals surface area contributed by atoms with Gasteiger partial charge in [0, 0.05) is 22.8 Å². The van der Waals surface area contributed by atoms with Gasteiger partial charge >= 0.3 is 0 Å². The minimum atomic E-state index is 0.654. The molecule has 0 radical (unpaired) electrons. The van der Waals surface area contributed by atoms with Crippen LogP contribution >= 0.6 is 0 Å². The Kier molecular flexibility index (Phi) is 4.03. The SMILES string of the molecule is CCOc1ccc(-n2c(-c3ccccc3)cn3c4ccc5ccccc5c4nc23)cc1. The van der Waals surface area contributed by atoms with Gasteiger partial charge in [-0.25, -0.2) is 4.98 Å². The number of nitrogens with zero attached hydrogens (tertiary/aromatic N) is 3. The molecule has 2 heterocycles. The maximum absolute atomic E-state index is 5.65. The van der Waals surface area contributed by atoms with Crippen LogP contribution in [0.15, 0.2) is 97.2 Å². The van der Waals surface area contributed by atoms with E-state index in [2.05, 4.69) is 88.0 Å². The van der Waals surface area contributed by atoms with Crippen LogP contribution in [-0.4, -0.2) is 20.6 Å². The van der Waals surface area contributed by atoms with E-state index in [1.54, 1.807) is 0 Å². The standard InChI is InChI=1S/C27H21N3O/c1-2-31-22-15-13-21(14-16-22)30-25(20-9-4-3-5-10-20)18-29-24-17-12-19-8-6-7-11-23(19)26(24)28-27(29)30/h3-18H,2H2,1H3. The Balaban J connectivity index is 1.67. The summed E-state index contributed by atoms with van der Waals surface area (Å²) in [5.74, 6) is 1.77. The van der Waals surface area contributed by atoms with Crippen molar-refractivity contribution in [3.63, 3.8) is 0 Å². The summed E-state index contributed by atoms with van der Waals surface area (Å²) in [4.78, 5) is 5.12. The van der Waals surface area contributed by atoms with Crippen LogP contribution in [0.1, 0.15) is 6.92 Å². The fraction of sp³-hybridized carbons (Fsp3) is 0.0741. The molecule has 0 aliphatic carbocycles. The molecule has 0 amide bonds. The van der Waals surface area contributed by atoms with Gasteiger partial charge in [0.1, 0.15) is 5.75 Å². The molecule has 0 N–H and O–H groups in total. The summed E-state index contributed by atoms with van der Waals surface area (Å²) in [7, 11) is 0. The van der Waals surface area contributed by atoms with Gasteiger partial charge in [-0.2, -0.15) is 0 Å². The molecule has 4 heteroatoms. The molecule has 31 heavy (non-hydrogen) atoms. The second-order valence-corrected chi connectivity index (χ2v) is 7.58. The van der Waals surface area contributed by atoms with Gasteiger partial charge in [-0.3, -0.25) is 8.97 Å². The summed E-state index contributed by atoms with van der Waals surface area (Å²) < 4.78 is 10.1. The van der Waals surface area contributed by atoms with Crippen LogP contribution in [0.5, 0.6) is 5.75 Å². The van der Waals surface area contributed by atoms with Crippen LogP contribution in [-0.2, 0) is 0 Å². The minimum absolute atomic E-state index is 0.654. The van der Waals surface area contributed by atoms with Crippen molar-refractivity contribution in [1.82, 2.24) is 14.0 Å². The van der Waals surface area contributed by atoms with E-state index in [0.29, 0.717) is 6.61 Å². The third kappa shape index (κ3) is 2.80. The lowest BCUT2D eigenvalue weighted by molar-refractivity contribution is 0.340. The first-order chi connectivity index (χ1) is 15.3. The van der Waals surface area contributed by atoms with Gasteiger partial charge in [0.05, 0.1) is 23.3 Å². The van der Waals surface area contributed by atoms with Gasteiger partial charge in [0.25, 0.3) is 0 Å². The number of hydrogen-bond donors (Lipinski definition) is 0. The fourth-order valence-corrected chi connectivity index (χ4v) is 4.32. The van der Waals surface area contributed by atoms with Gasteiger partial charge in [0.2, 0.25) is 5.78 Å². The minimum Gasteiger partial charge on any atom is -0.494 e. The largest absolute Gasteiger partial charge is 0.494 e. The molecule has 4 aromatic carbocycles. The number of aromatic nitrogens is 3. The topological polar surface area (TPSA) is 31.5 Å². The van der Waals surface area contributed by atoms with Crippen LogP contribution in [0, 0.1) is 0 Å². The van der Waals surface area contributed by atoms with Crippen LogP contribution in [0.3, 0.4) is 0 Å². The summed E-state index contributed by atoms with van der Waals surface area (Å²) in [6, 6.07) is 31.4. The number of rotatable bonds is 4. The van der Waals surface area contributed by atoms with Crippen LogP contribution in [0.4, 0.5) is 0 Å². The van der Waals surface area contributed by atoms with Crippen LogP contribution < -0.4 is 4.74 Å². The molecule has 4 nitrogen and oxygen atoms in total. The van der Waals surface area contributed by atoms with Gasteiger partial charge < -0.3 is 4.74 Å². The maximum Gasteiger partial charge on any atom is 0.220 e. The Morgan fingerprint density at radius 1 is 0.806 bits per heavy atom. The van der Waals surface area contributed by atoms with E-state index in [0.717, 1.165) is 39.5 Å². The van der Waals surface area contributed by atoms with Gasteiger partial charge in [-0.05, 0) is 42.6 Å².